The number of anilines is 1. The Bertz CT molecular complexity index is 989. The number of hydrogen-bond acceptors (Lipinski definition) is 6. The molecule has 6 nitrogen and oxygen atoms in total. The van der Waals surface area contributed by atoms with Crippen molar-refractivity contribution in [3.63, 3.8) is 0 Å². The van der Waals surface area contributed by atoms with E-state index in [1.165, 1.54) is 6.07 Å². The van der Waals surface area contributed by atoms with Gasteiger partial charge in [-0.1, -0.05) is 11.9 Å². The fourth-order valence-electron chi connectivity index (χ4n) is 4.95. The van der Waals surface area contributed by atoms with E-state index in [1.54, 1.807) is 13.8 Å². The van der Waals surface area contributed by atoms with Crippen molar-refractivity contribution in [2.24, 2.45) is 11.8 Å². The van der Waals surface area contributed by atoms with Crippen LogP contribution in [0.1, 0.15) is 31.4 Å². The molecule has 3 heterocycles. The van der Waals surface area contributed by atoms with Gasteiger partial charge in [0.15, 0.2) is 0 Å². The topological polar surface area (TPSA) is 79.6 Å². The Balaban J connectivity index is 1.74. The lowest BCUT2D eigenvalue weighted by Crippen LogP contribution is -2.49. The van der Waals surface area contributed by atoms with E-state index in [4.69, 9.17) is 15.5 Å². The number of halogens is 3. The van der Waals surface area contributed by atoms with Crippen LogP contribution in [-0.2, 0) is 24.7 Å². The number of carbonyl (C=O) groups excluding carboxylic acids is 2. The van der Waals surface area contributed by atoms with Gasteiger partial charge in [0.25, 0.3) is 0 Å². The van der Waals surface area contributed by atoms with Crippen LogP contribution in [0, 0.1) is 23.2 Å². The molecule has 29 heavy (non-hydrogen) atoms. The minimum atomic E-state index is -4.81. The predicted octanol–water partition coefficient (Wildman–Crippen LogP) is 2.48. The number of nitriles is 1. The van der Waals surface area contributed by atoms with Crippen molar-refractivity contribution < 1.29 is 31.7 Å². The van der Waals surface area contributed by atoms with Crippen LogP contribution in [0.4, 0.5) is 18.9 Å². The largest absolute Gasteiger partial charge is 0.417 e. The first-order chi connectivity index (χ1) is 14.0. The normalized spacial score (nSPS) is 36.2. The third kappa shape index (κ3) is 2.66. The van der Waals surface area contributed by atoms with Crippen LogP contribution < -0.4 is 4.90 Å². The molecule has 3 fully saturated rings. The maximum absolute atomic E-state index is 13.4. The molecule has 1 aromatic rings. The molecule has 2 bridgehead atoms. The second-order valence-corrected chi connectivity index (χ2v) is 8.18. The highest BCUT2D eigenvalue weighted by Crippen LogP contribution is 2.62. The Labute approximate surface area is 171 Å². The molecule has 0 saturated carbocycles. The number of alkyl halides is 3. The molecule has 3 aliphatic heterocycles. The highest BCUT2D eigenvalue weighted by Gasteiger charge is 2.76. The quantitative estimate of drug-likeness (QED) is 0.419. The van der Waals surface area contributed by atoms with Crippen molar-refractivity contribution in [3.8, 4) is 6.07 Å². The van der Waals surface area contributed by atoms with Crippen LogP contribution in [0.2, 0.25) is 0 Å². The first-order valence-electron chi connectivity index (χ1n) is 9.27. The monoisotopic (exact) mass is 425 g/mol. The van der Waals surface area contributed by atoms with Gasteiger partial charge in [0.2, 0.25) is 18.9 Å². The number of imide groups is 1. The average molecular weight is 425 g/mol. The molecule has 0 aliphatic carbocycles. The molecule has 5 atom stereocenters. The van der Waals surface area contributed by atoms with Gasteiger partial charge in [0, 0.05) is 6.42 Å². The van der Waals surface area contributed by atoms with Gasteiger partial charge in [-0.15, -0.1) is 0 Å². The molecule has 151 valence electrons. The van der Waals surface area contributed by atoms with Crippen LogP contribution in [0.3, 0.4) is 0 Å². The zero-order valence-electron chi connectivity index (χ0n) is 16.3. The molecular weight excluding hydrogens is 408 g/mol. The number of ether oxygens (including phenoxy) is 1. The van der Waals surface area contributed by atoms with Crippen molar-refractivity contribution in [2.75, 3.05) is 4.90 Å². The van der Waals surface area contributed by atoms with Crippen LogP contribution in [0.15, 0.2) is 18.2 Å². The predicted molar refractivity (Wildman–Crippen MR) is 97.8 cm³/mol. The fraction of sp³-hybridized carbons (Fsp3) is 0.500. The first-order valence-corrected chi connectivity index (χ1v) is 9.50. The zero-order valence-corrected chi connectivity index (χ0v) is 16.1. The molecule has 1 radical (unpaired) electrons. The zero-order chi connectivity index (χ0) is 22.1. The number of hydrogen-bond donors (Lipinski definition) is 0. The van der Waals surface area contributed by atoms with Crippen molar-refractivity contribution in [1.82, 2.24) is 0 Å². The molecule has 3 aliphatic rings. The summed E-state index contributed by atoms with van der Waals surface area (Å²) < 4.78 is 58.8. The maximum atomic E-state index is 13.4. The number of carbonyl (C=O) groups is 2. The molecular formula is C18H15BF3N2O4S. The van der Waals surface area contributed by atoms with E-state index in [0.29, 0.717) is 12.5 Å². The van der Waals surface area contributed by atoms with E-state index in [2.05, 4.69) is 0 Å². The van der Waals surface area contributed by atoms with E-state index < -0.39 is 58.3 Å². The lowest BCUT2D eigenvalue weighted by Gasteiger charge is -2.34. The minimum Gasteiger partial charge on any atom is -0.365 e. The van der Waals surface area contributed by atoms with E-state index in [0.717, 1.165) is 36.0 Å². The highest BCUT2D eigenvalue weighted by atomic mass is 32.2. The number of amides is 2. The summed E-state index contributed by atoms with van der Waals surface area (Å²) in [6.45, 7) is 3.33. The van der Waals surface area contributed by atoms with Crippen molar-refractivity contribution >= 4 is 36.5 Å². The molecule has 0 spiro atoms. The SMILES string of the molecule is [3H][B]SO[C@H]1CC2(C)OC1(C)[C@H]1C(=O)N(c3ccc(C#N)c(C(F)(F)F)c3)C(=O)[C@H]12. The molecule has 11 heteroatoms. The summed E-state index contributed by atoms with van der Waals surface area (Å²) in [6, 6.07) is 4.25. The Hall–Kier alpha value is -2.03. The van der Waals surface area contributed by atoms with E-state index in [1.807, 2.05) is 0 Å². The minimum absolute atomic E-state index is 0.233. The third-order valence-corrected chi connectivity index (χ3v) is 6.47. The standard InChI is InChI=1S/C18H15BF3N2O4S/c1-16-6-11(27-29-19)17(2,28-16)13-12(16)14(25)24(15(13)26)9-4-3-8(7-23)10(5-9)18(20,21)22/h3-5,11-13,19H,6H2,1-2H3/t11-,12-,13+,16?,17?/m0/s1/i19T. The lowest BCUT2D eigenvalue weighted by atomic mass is 9.67. The third-order valence-electron chi connectivity index (χ3n) is 6.12. The molecule has 4 rings (SSSR count). The van der Waals surface area contributed by atoms with Crippen molar-refractivity contribution in [1.29, 1.82) is 6.60 Å². The Kier molecular flexibility index (Phi) is 4.08. The van der Waals surface area contributed by atoms with Crippen molar-refractivity contribution in [2.45, 2.75) is 43.8 Å². The van der Waals surface area contributed by atoms with Crippen LogP contribution in [-0.4, -0.2) is 37.5 Å². The lowest BCUT2D eigenvalue weighted by molar-refractivity contribution is -0.138. The fourth-order valence-corrected chi connectivity index (χ4v) is 5.34. The van der Waals surface area contributed by atoms with Gasteiger partial charge in [-0.25, -0.2) is 4.90 Å². The smallest absolute Gasteiger partial charge is 0.365 e. The Morgan fingerprint density at radius 3 is 2.69 bits per heavy atom. The summed E-state index contributed by atoms with van der Waals surface area (Å²) in [6.07, 6.45) is -5.08. The van der Waals surface area contributed by atoms with Gasteiger partial charge >= 0.3 is 6.18 Å². The van der Waals surface area contributed by atoms with Crippen LogP contribution in [0.25, 0.3) is 0 Å². The average Bonchev–Trinajstić information content (AvgIpc) is 3.19. The summed E-state index contributed by atoms with van der Waals surface area (Å²) >= 11 is 0.781. The Morgan fingerprint density at radius 2 is 2.07 bits per heavy atom. The summed E-state index contributed by atoms with van der Waals surface area (Å²) in [4.78, 5) is 27.2. The van der Waals surface area contributed by atoms with Gasteiger partial charge in [-0.3, -0.25) is 9.59 Å². The van der Waals surface area contributed by atoms with Gasteiger partial charge in [-0.05, 0) is 33.4 Å². The van der Waals surface area contributed by atoms with Crippen molar-refractivity contribution in [3.05, 3.63) is 29.3 Å². The second-order valence-electron chi connectivity index (χ2n) is 7.79. The Morgan fingerprint density at radius 1 is 1.38 bits per heavy atom. The van der Waals surface area contributed by atoms with Gasteiger partial charge in [0.1, 0.15) is 11.7 Å². The molecule has 0 aromatic heterocycles. The van der Waals surface area contributed by atoms with Gasteiger partial charge < -0.3 is 8.92 Å². The van der Waals surface area contributed by atoms with E-state index in [-0.39, 0.29) is 5.69 Å². The molecule has 2 amide bonds. The second kappa shape index (κ2) is 6.24. The van der Waals surface area contributed by atoms with Crippen LogP contribution >= 0.6 is 11.9 Å². The molecule has 0 N–H and O–H groups in total. The van der Waals surface area contributed by atoms with Gasteiger partial charge in [0.05, 0.1) is 40.3 Å². The molecule has 3 saturated heterocycles. The summed E-state index contributed by atoms with van der Waals surface area (Å²) in [7, 11) is 0.985. The number of fused-ring (bicyclic) bond motifs is 5. The molecule has 1 aromatic carbocycles. The summed E-state index contributed by atoms with van der Waals surface area (Å²) in [5.74, 6) is -3.08. The molecule has 2 unspecified atom stereocenters. The number of nitrogens with zero attached hydrogens (tertiary/aromatic N) is 2. The summed E-state index contributed by atoms with van der Waals surface area (Å²) in [5.41, 5.74) is -4.21. The number of benzene rings is 1. The summed E-state index contributed by atoms with van der Waals surface area (Å²) in [5, 5.41) is 8.97. The number of rotatable bonds is 4. The van der Waals surface area contributed by atoms with E-state index in [9.17, 15) is 22.8 Å². The highest BCUT2D eigenvalue weighted by molar-refractivity contribution is 8.15. The first kappa shape index (κ1) is 19.0. The maximum Gasteiger partial charge on any atom is 0.417 e. The van der Waals surface area contributed by atoms with Gasteiger partial charge in [-0.2, -0.15) is 18.4 Å². The van der Waals surface area contributed by atoms with E-state index >= 15 is 0 Å². The van der Waals surface area contributed by atoms with Crippen LogP contribution in [0.5, 0.6) is 0 Å².